The highest BCUT2D eigenvalue weighted by Crippen LogP contribution is 2.30. The second-order valence-corrected chi connectivity index (χ2v) is 26.8. The van der Waals surface area contributed by atoms with Crippen molar-refractivity contribution in [2.24, 2.45) is 21.1 Å². The third-order valence-electron chi connectivity index (χ3n) is 16.7. The van der Waals surface area contributed by atoms with E-state index in [1.807, 2.05) is 26.0 Å². The number of rotatable bonds is 25. The van der Waals surface area contributed by atoms with Crippen LogP contribution in [0, 0.1) is 0 Å². The predicted molar refractivity (Wildman–Crippen MR) is 403 cm³/mol. The van der Waals surface area contributed by atoms with Crippen LogP contribution in [-0.4, -0.2) is 92.0 Å². The van der Waals surface area contributed by atoms with Crippen LogP contribution in [0.2, 0.25) is 15.1 Å². The zero-order chi connectivity index (χ0) is 81.5. The Labute approximate surface area is 652 Å². The summed E-state index contributed by atoms with van der Waals surface area (Å²) in [6.07, 6.45) is -11.0. The minimum atomic E-state index is -4.84. The lowest BCUT2D eigenvalue weighted by molar-refractivity contribution is -0.275. The number of imidazole rings is 3. The molecule has 6 heterocycles. The number of aliphatic hydroxyl groups excluding tert-OH is 2. The summed E-state index contributed by atoms with van der Waals surface area (Å²) in [4.78, 5) is 91.0. The second-order valence-electron chi connectivity index (χ2n) is 24.8. The zero-order valence-corrected chi connectivity index (χ0v) is 64.0. The predicted octanol–water partition coefficient (Wildman–Crippen LogP) is 13.6. The molecule has 38 heteroatoms. The Kier molecular flexibility index (Phi) is 28.7. The summed E-state index contributed by atoms with van der Waals surface area (Å²) >= 11 is 21.3. The van der Waals surface area contributed by atoms with E-state index in [4.69, 9.17) is 49.4 Å². The molecule has 25 nitrogen and oxygen atoms in total. The third-order valence-corrected chi connectivity index (χ3v) is 18.0. The molecule has 0 saturated heterocycles. The SMILES string of the molecule is CCCCn1c(=O)c2c(nc(Br)n2Cc2ccc(Cl)cc2)n(C)c1=O.CCCCn1c(=O)c2c(nc(OCc3cccc(OC(F)(F)F)c3)n2Cc2ccc(Cl)cc2)n(C)c1=O.Cn1c(=O)n(CCCO)c(=O)c2c1nc(OCc1cccc(OC(F)(F)F)c1)n2Cc1ccc(Cl)cc1.OCc1cccc(OC(F)(F)F)c1. The summed E-state index contributed by atoms with van der Waals surface area (Å²) < 4.78 is 147. The monoisotopic (exact) mass is 1690 g/mol. The summed E-state index contributed by atoms with van der Waals surface area (Å²) in [7, 11) is 4.62. The first kappa shape index (κ1) is 85.4. The average molecular weight is 1690 g/mol. The summed E-state index contributed by atoms with van der Waals surface area (Å²) in [5.74, 6) is -1.11. The molecule has 0 aliphatic heterocycles. The number of fused-ring (bicyclic) bond motifs is 3. The van der Waals surface area contributed by atoms with Gasteiger partial charge in [-0.05, 0) is 141 Å². The van der Waals surface area contributed by atoms with Crippen LogP contribution < -0.4 is 57.4 Å². The quantitative estimate of drug-likeness (QED) is 0.0397. The van der Waals surface area contributed by atoms with Gasteiger partial charge in [-0.2, -0.15) is 9.97 Å². The van der Waals surface area contributed by atoms with E-state index in [0.717, 1.165) is 52.7 Å². The molecule has 0 aliphatic rings. The second kappa shape index (κ2) is 37.6. The highest BCUT2D eigenvalue weighted by molar-refractivity contribution is 9.10. The Bertz CT molecular complexity index is 5430. The number of nitrogens with zero attached hydrogens (tertiary/aromatic N) is 12. The molecule has 0 fully saturated rings. The molecule has 0 radical (unpaired) electrons. The lowest BCUT2D eigenvalue weighted by atomic mass is 10.2. The van der Waals surface area contributed by atoms with Crippen LogP contribution >= 0.6 is 50.7 Å². The van der Waals surface area contributed by atoms with Gasteiger partial charge in [0.25, 0.3) is 28.7 Å². The van der Waals surface area contributed by atoms with E-state index < -0.39 is 47.3 Å². The standard InChI is InChI=1S/C25H24ClF3N4O4.C24H22ClF3N4O5.C17H18BrClN4O2.C8H7F3O2/c1-3-4-12-32-22(34)20-21(31(2)24(32)35)30-23(33(20)14-16-8-10-18(26)11-9-16)36-15-17-6-5-7-19(13-17)37-25(27,28)29;1-30-20-19(21(34)31(23(30)35)10-3-11-33)32(13-15-6-8-17(25)9-7-15)22(29-20)36-14-16-4-2-5-18(12-16)37-24(26,27)28;1-3-4-9-22-15(24)13-14(21(2)17(22)25)20-16(18)23(13)10-11-5-7-12(19)8-6-11;9-8(10,11)13-7-3-1-2-6(4-7)5-12/h5-11,13H,3-4,12,14-15H2,1-2H3;2,4-9,12,33H,3,10-11,13-14H2,1H3;5-8H,3-4,9-10H2,1-2H3;1-4,12H,5H2. The minimum absolute atomic E-state index is 0.00621. The van der Waals surface area contributed by atoms with Gasteiger partial charge >= 0.3 is 36.2 Å². The zero-order valence-electron chi connectivity index (χ0n) is 60.1. The highest BCUT2D eigenvalue weighted by Gasteiger charge is 2.34. The van der Waals surface area contributed by atoms with E-state index in [-0.39, 0.29) is 116 Å². The van der Waals surface area contributed by atoms with Gasteiger partial charge in [0.05, 0.1) is 26.2 Å². The lowest BCUT2D eigenvalue weighted by Gasteiger charge is -2.12. The molecule has 112 heavy (non-hydrogen) atoms. The van der Waals surface area contributed by atoms with Crippen LogP contribution in [0.1, 0.15) is 79.3 Å². The summed E-state index contributed by atoms with van der Waals surface area (Å²) in [5.41, 5.74) is 2.10. The minimum Gasteiger partial charge on any atom is -0.460 e. The van der Waals surface area contributed by atoms with Crippen LogP contribution in [0.3, 0.4) is 0 Å². The molecule has 12 rings (SSSR count). The molecule has 0 aliphatic carbocycles. The number of hydrogen-bond donors (Lipinski definition) is 2. The smallest absolute Gasteiger partial charge is 0.460 e. The maximum atomic E-state index is 13.4. The molecule has 596 valence electrons. The molecular formula is C74H71BrCl3F9N12O13. The molecule has 12 aromatic rings. The number of halogens is 13. The normalized spacial score (nSPS) is 11.6. The topological polar surface area (TPSA) is 272 Å². The number of benzene rings is 6. The molecule has 6 aromatic heterocycles. The Balaban J connectivity index is 0.000000181. The van der Waals surface area contributed by atoms with Crippen molar-refractivity contribution in [2.45, 2.75) is 124 Å². The van der Waals surface area contributed by atoms with Gasteiger partial charge in [0.2, 0.25) is 0 Å². The van der Waals surface area contributed by atoms with Crippen molar-refractivity contribution in [1.29, 1.82) is 0 Å². The van der Waals surface area contributed by atoms with Gasteiger partial charge in [0.1, 0.15) is 30.5 Å². The fourth-order valence-electron chi connectivity index (χ4n) is 11.3. The summed E-state index contributed by atoms with van der Waals surface area (Å²) in [6, 6.07) is 37.1. The molecule has 6 aromatic carbocycles. The van der Waals surface area contributed by atoms with E-state index in [2.05, 4.69) is 45.1 Å². The van der Waals surface area contributed by atoms with Gasteiger partial charge in [0.15, 0.2) is 38.2 Å². The molecular weight excluding hydrogens is 1620 g/mol. The van der Waals surface area contributed by atoms with E-state index in [1.54, 1.807) is 89.0 Å². The fourth-order valence-corrected chi connectivity index (χ4v) is 12.1. The Hall–Kier alpha value is -10.6. The van der Waals surface area contributed by atoms with E-state index in [0.29, 0.717) is 67.2 Å². The van der Waals surface area contributed by atoms with Gasteiger partial charge in [-0.1, -0.05) is 134 Å². The maximum absolute atomic E-state index is 13.4. The number of aliphatic hydroxyl groups is 2. The molecule has 0 spiro atoms. The van der Waals surface area contributed by atoms with Crippen LogP contribution in [0.15, 0.2) is 179 Å². The van der Waals surface area contributed by atoms with Crippen molar-refractivity contribution in [1.82, 2.24) is 56.1 Å². The van der Waals surface area contributed by atoms with Crippen LogP contribution in [0.4, 0.5) is 39.5 Å². The molecule has 2 N–H and O–H groups in total. The molecule has 0 amide bonds. The molecule has 0 unspecified atom stereocenters. The van der Waals surface area contributed by atoms with E-state index in [9.17, 15) is 73.4 Å². The summed E-state index contributed by atoms with van der Waals surface area (Å²) in [6.45, 7) is 4.56. The largest absolute Gasteiger partial charge is 0.573 e. The Morgan fingerprint density at radius 2 is 0.705 bits per heavy atom. The van der Waals surface area contributed by atoms with Gasteiger partial charge in [-0.25, -0.2) is 19.4 Å². The van der Waals surface area contributed by atoms with Crippen molar-refractivity contribution in [2.75, 3.05) is 6.61 Å². The Morgan fingerprint density at radius 3 is 1.03 bits per heavy atom. The maximum Gasteiger partial charge on any atom is 0.573 e. The first-order valence-electron chi connectivity index (χ1n) is 34.1. The van der Waals surface area contributed by atoms with E-state index >= 15 is 0 Å². The van der Waals surface area contributed by atoms with Crippen molar-refractivity contribution < 1.29 is 73.4 Å². The number of aryl methyl sites for hydroxylation is 3. The number of alkyl halides is 9. The first-order valence-corrected chi connectivity index (χ1v) is 36.0. The fraction of sp³-hybridized carbons (Fsp3) is 0.311. The van der Waals surface area contributed by atoms with Crippen LogP contribution in [0.5, 0.6) is 29.3 Å². The van der Waals surface area contributed by atoms with Gasteiger partial charge < -0.3 is 38.5 Å². The van der Waals surface area contributed by atoms with Crippen molar-refractivity contribution >= 4 is 84.2 Å². The molecule has 0 saturated carbocycles. The lowest BCUT2D eigenvalue weighted by Crippen LogP contribution is -2.39. The van der Waals surface area contributed by atoms with Gasteiger partial charge in [-0.3, -0.25) is 50.9 Å². The van der Waals surface area contributed by atoms with Crippen LogP contribution in [0.25, 0.3) is 33.5 Å². The average Bonchev–Trinajstić information content (AvgIpc) is 1.62. The third kappa shape index (κ3) is 22.2. The van der Waals surface area contributed by atoms with Crippen LogP contribution in [-0.2, 0) is 80.2 Å². The van der Waals surface area contributed by atoms with Gasteiger partial charge in [0, 0.05) is 62.5 Å². The van der Waals surface area contributed by atoms with Crippen molar-refractivity contribution in [3.63, 3.8) is 0 Å². The van der Waals surface area contributed by atoms with E-state index in [1.165, 1.54) is 90.0 Å². The van der Waals surface area contributed by atoms with Gasteiger partial charge in [-0.15, -0.1) is 39.5 Å². The highest BCUT2D eigenvalue weighted by atomic mass is 79.9. The summed E-state index contributed by atoms with van der Waals surface area (Å²) in [5, 5.41) is 19.5. The Morgan fingerprint density at radius 1 is 0.402 bits per heavy atom. The number of aromatic nitrogens is 12. The van der Waals surface area contributed by atoms with Crippen molar-refractivity contribution in [3.05, 3.63) is 261 Å². The number of hydrogen-bond acceptors (Lipinski definition) is 16. The van der Waals surface area contributed by atoms with Crippen molar-refractivity contribution in [3.8, 4) is 29.3 Å². The first-order chi connectivity index (χ1) is 53.1. The molecule has 0 bridgehead atoms. The number of ether oxygens (including phenoxy) is 5. The molecule has 0 atom stereocenters. The number of unbranched alkanes of at least 4 members (excludes halogenated alkanes) is 2.